The standard InChI is InChI=1S/C18H19ClN2O4/c1-23-12-18(22)21(10-13-5-3-2-4-6-13)11-14-9-15(20-25-14)16-7-8-17(19)24-16/h2-8,14H,9-12H2,1H3. The first kappa shape index (κ1) is 17.5. The number of furan rings is 1. The molecule has 1 atom stereocenters. The third kappa shape index (κ3) is 4.61. The summed E-state index contributed by atoms with van der Waals surface area (Å²) in [6.07, 6.45) is 0.318. The lowest BCUT2D eigenvalue weighted by molar-refractivity contribution is -0.137. The maximum absolute atomic E-state index is 12.4. The van der Waals surface area contributed by atoms with Crippen LogP contribution in [0.5, 0.6) is 0 Å². The van der Waals surface area contributed by atoms with Gasteiger partial charge in [0.2, 0.25) is 5.91 Å². The molecule has 1 amide bonds. The second-order valence-corrected chi connectivity index (χ2v) is 6.14. The van der Waals surface area contributed by atoms with Gasteiger partial charge in [-0.25, -0.2) is 0 Å². The summed E-state index contributed by atoms with van der Waals surface area (Å²) >= 11 is 5.80. The molecule has 1 aliphatic rings. The van der Waals surface area contributed by atoms with Gasteiger partial charge in [0.1, 0.15) is 12.3 Å². The van der Waals surface area contributed by atoms with E-state index in [1.54, 1.807) is 17.0 Å². The number of benzene rings is 1. The number of rotatable bonds is 7. The fraction of sp³-hybridized carbons (Fsp3) is 0.333. The maximum Gasteiger partial charge on any atom is 0.248 e. The van der Waals surface area contributed by atoms with E-state index in [9.17, 15) is 4.79 Å². The zero-order valence-corrected chi connectivity index (χ0v) is 14.6. The number of amides is 1. The van der Waals surface area contributed by atoms with Crippen LogP contribution < -0.4 is 0 Å². The van der Waals surface area contributed by atoms with E-state index in [0.717, 1.165) is 5.56 Å². The molecule has 0 bridgehead atoms. The Kier molecular flexibility index (Phi) is 5.73. The van der Waals surface area contributed by atoms with Gasteiger partial charge in [-0.3, -0.25) is 4.79 Å². The molecule has 0 spiro atoms. The Hall–Kier alpha value is -2.31. The Morgan fingerprint density at radius 3 is 2.80 bits per heavy atom. The first-order chi connectivity index (χ1) is 12.2. The molecule has 0 N–H and O–H groups in total. The van der Waals surface area contributed by atoms with Crippen molar-refractivity contribution < 1.29 is 18.8 Å². The first-order valence-electron chi connectivity index (χ1n) is 7.94. The third-order valence-electron chi connectivity index (χ3n) is 3.85. The summed E-state index contributed by atoms with van der Waals surface area (Å²) in [6.45, 7) is 0.935. The molecule has 132 valence electrons. The number of hydrogen-bond donors (Lipinski definition) is 0. The average Bonchev–Trinajstić information content (AvgIpc) is 3.24. The van der Waals surface area contributed by atoms with Crippen molar-refractivity contribution in [2.45, 2.75) is 19.1 Å². The minimum Gasteiger partial charge on any atom is -0.443 e. The number of ether oxygens (including phenoxy) is 1. The summed E-state index contributed by atoms with van der Waals surface area (Å²) in [5, 5.41) is 4.37. The average molecular weight is 363 g/mol. The van der Waals surface area contributed by atoms with Gasteiger partial charge in [0.25, 0.3) is 0 Å². The highest BCUT2D eigenvalue weighted by atomic mass is 35.5. The quantitative estimate of drug-likeness (QED) is 0.759. The Balaban J connectivity index is 1.63. The minimum absolute atomic E-state index is 0.0288. The van der Waals surface area contributed by atoms with E-state index in [1.165, 1.54) is 7.11 Å². The van der Waals surface area contributed by atoms with E-state index < -0.39 is 0 Å². The molecule has 6 nitrogen and oxygen atoms in total. The molecule has 0 aliphatic carbocycles. The van der Waals surface area contributed by atoms with Crippen molar-refractivity contribution in [3.63, 3.8) is 0 Å². The Labute approximate surface area is 150 Å². The van der Waals surface area contributed by atoms with Gasteiger partial charge >= 0.3 is 0 Å². The predicted octanol–water partition coefficient (Wildman–Crippen LogP) is 3.10. The summed E-state index contributed by atoms with van der Waals surface area (Å²) < 4.78 is 10.3. The Bertz CT molecular complexity index is 745. The summed E-state index contributed by atoms with van der Waals surface area (Å²) in [7, 11) is 1.51. The molecule has 0 fully saturated rings. The van der Waals surface area contributed by atoms with Crippen molar-refractivity contribution >= 4 is 23.2 Å². The molecular weight excluding hydrogens is 344 g/mol. The predicted molar refractivity (Wildman–Crippen MR) is 93.5 cm³/mol. The summed E-state index contributed by atoms with van der Waals surface area (Å²) in [5.74, 6) is 0.495. The monoisotopic (exact) mass is 362 g/mol. The van der Waals surface area contributed by atoms with Crippen molar-refractivity contribution in [2.75, 3.05) is 20.3 Å². The lowest BCUT2D eigenvalue weighted by atomic mass is 10.1. The highest BCUT2D eigenvalue weighted by molar-refractivity contribution is 6.29. The molecule has 3 rings (SSSR count). The number of nitrogens with zero attached hydrogens (tertiary/aromatic N) is 2. The van der Waals surface area contributed by atoms with Crippen molar-refractivity contribution in [1.29, 1.82) is 0 Å². The zero-order valence-electron chi connectivity index (χ0n) is 13.9. The van der Waals surface area contributed by atoms with Gasteiger partial charge in [-0.15, -0.1) is 0 Å². The third-order valence-corrected chi connectivity index (χ3v) is 4.05. The van der Waals surface area contributed by atoms with E-state index in [-0.39, 0.29) is 18.6 Å². The highest BCUT2D eigenvalue weighted by Crippen LogP contribution is 2.22. The molecule has 0 saturated carbocycles. The van der Waals surface area contributed by atoms with Crippen LogP contribution in [0.2, 0.25) is 5.22 Å². The van der Waals surface area contributed by atoms with Crippen LogP contribution in [0.4, 0.5) is 0 Å². The Morgan fingerprint density at radius 1 is 1.32 bits per heavy atom. The van der Waals surface area contributed by atoms with Gasteiger partial charge < -0.3 is 18.9 Å². The van der Waals surface area contributed by atoms with Gasteiger partial charge in [-0.2, -0.15) is 0 Å². The number of halogens is 1. The number of methoxy groups -OCH3 is 1. The fourth-order valence-electron chi connectivity index (χ4n) is 2.66. The topological polar surface area (TPSA) is 64.3 Å². The summed E-state index contributed by atoms with van der Waals surface area (Å²) in [5.41, 5.74) is 1.74. The van der Waals surface area contributed by atoms with E-state index >= 15 is 0 Å². The molecular formula is C18H19ClN2O4. The summed E-state index contributed by atoms with van der Waals surface area (Å²) in [4.78, 5) is 19.6. The van der Waals surface area contributed by atoms with Crippen LogP contribution in [0.25, 0.3) is 0 Å². The van der Waals surface area contributed by atoms with Gasteiger partial charge in [0.15, 0.2) is 17.1 Å². The van der Waals surface area contributed by atoms with Crippen molar-refractivity contribution in [3.8, 4) is 0 Å². The SMILES string of the molecule is COCC(=O)N(Cc1ccccc1)CC1CC(c2ccc(Cl)o2)=NO1. The lowest BCUT2D eigenvalue weighted by Crippen LogP contribution is -2.39. The number of carbonyl (C=O) groups is 1. The molecule has 1 unspecified atom stereocenters. The number of oxime groups is 1. The molecule has 25 heavy (non-hydrogen) atoms. The van der Waals surface area contributed by atoms with Crippen molar-refractivity contribution in [1.82, 2.24) is 4.90 Å². The van der Waals surface area contributed by atoms with Gasteiger partial charge in [-0.05, 0) is 29.3 Å². The largest absolute Gasteiger partial charge is 0.443 e. The van der Waals surface area contributed by atoms with Gasteiger partial charge in [-0.1, -0.05) is 35.5 Å². The van der Waals surface area contributed by atoms with E-state index in [2.05, 4.69) is 5.16 Å². The molecule has 0 radical (unpaired) electrons. The van der Waals surface area contributed by atoms with Crippen molar-refractivity contribution in [2.24, 2.45) is 5.16 Å². The zero-order chi connectivity index (χ0) is 17.6. The Morgan fingerprint density at radius 2 is 2.12 bits per heavy atom. The van der Waals surface area contributed by atoms with Crippen LogP contribution in [-0.2, 0) is 20.9 Å². The first-order valence-corrected chi connectivity index (χ1v) is 8.32. The lowest BCUT2D eigenvalue weighted by Gasteiger charge is -2.24. The number of carbonyl (C=O) groups excluding carboxylic acids is 1. The van der Waals surface area contributed by atoms with E-state index in [1.807, 2.05) is 30.3 Å². The van der Waals surface area contributed by atoms with Crippen LogP contribution in [-0.4, -0.2) is 42.9 Å². The van der Waals surface area contributed by atoms with Crippen LogP contribution in [0.3, 0.4) is 0 Å². The van der Waals surface area contributed by atoms with Crippen LogP contribution >= 0.6 is 11.6 Å². The molecule has 1 aliphatic heterocycles. The molecule has 1 aromatic carbocycles. The normalized spacial score (nSPS) is 16.4. The molecule has 1 aromatic heterocycles. The second-order valence-electron chi connectivity index (χ2n) is 5.77. The van der Waals surface area contributed by atoms with Gasteiger partial charge in [0, 0.05) is 20.1 Å². The van der Waals surface area contributed by atoms with Crippen molar-refractivity contribution in [3.05, 3.63) is 59.0 Å². The molecule has 0 saturated heterocycles. The van der Waals surface area contributed by atoms with E-state index in [0.29, 0.717) is 36.2 Å². The van der Waals surface area contributed by atoms with Crippen LogP contribution in [0.15, 0.2) is 52.0 Å². The van der Waals surface area contributed by atoms with Crippen LogP contribution in [0, 0.1) is 0 Å². The fourth-order valence-corrected chi connectivity index (χ4v) is 2.81. The summed E-state index contributed by atoms with van der Waals surface area (Å²) in [6, 6.07) is 13.2. The minimum atomic E-state index is -0.233. The molecule has 7 heteroatoms. The maximum atomic E-state index is 12.4. The van der Waals surface area contributed by atoms with E-state index in [4.69, 9.17) is 25.6 Å². The molecule has 2 heterocycles. The highest BCUT2D eigenvalue weighted by Gasteiger charge is 2.28. The smallest absolute Gasteiger partial charge is 0.248 e. The second kappa shape index (κ2) is 8.18. The van der Waals surface area contributed by atoms with Gasteiger partial charge in [0.05, 0.1) is 6.54 Å². The molecule has 2 aromatic rings. The van der Waals surface area contributed by atoms with Crippen LogP contribution in [0.1, 0.15) is 17.7 Å². The number of hydrogen-bond acceptors (Lipinski definition) is 5.